The predicted molar refractivity (Wildman–Crippen MR) is 49.0 cm³/mol. The van der Waals surface area contributed by atoms with Crippen molar-refractivity contribution in [3.8, 4) is 0 Å². The summed E-state index contributed by atoms with van der Waals surface area (Å²) < 4.78 is 36.0. The van der Waals surface area contributed by atoms with Crippen LogP contribution in [-0.2, 0) is 11.3 Å². The number of amides is 1. The molecule has 1 aromatic rings. The van der Waals surface area contributed by atoms with Gasteiger partial charge in [-0.2, -0.15) is 13.2 Å². The first kappa shape index (κ1) is 11.6. The van der Waals surface area contributed by atoms with Crippen LogP contribution in [0.15, 0.2) is 30.3 Å². The molecule has 0 aromatic heterocycles. The largest absolute Gasteiger partial charge is 0.406 e. The number of halogens is 3. The number of rotatable bonds is 4. The SMILES string of the molecule is O=CN(Cc1ccccc1)CC(F)(F)F. The molecule has 15 heavy (non-hydrogen) atoms. The molecule has 0 fully saturated rings. The average Bonchev–Trinajstić information content (AvgIpc) is 2.16. The highest BCUT2D eigenvalue weighted by molar-refractivity contribution is 5.47. The Bertz CT molecular complexity index is 310. The van der Waals surface area contributed by atoms with Gasteiger partial charge in [-0.15, -0.1) is 0 Å². The van der Waals surface area contributed by atoms with E-state index in [4.69, 9.17) is 0 Å². The van der Waals surface area contributed by atoms with Crippen molar-refractivity contribution in [3.05, 3.63) is 35.9 Å². The van der Waals surface area contributed by atoms with Crippen molar-refractivity contribution >= 4 is 6.41 Å². The topological polar surface area (TPSA) is 20.3 Å². The molecule has 5 heteroatoms. The van der Waals surface area contributed by atoms with E-state index in [2.05, 4.69) is 0 Å². The first-order chi connectivity index (χ1) is 7.01. The van der Waals surface area contributed by atoms with Gasteiger partial charge < -0.3 is 4.90 Å². The highest BCUT2D eigenvalue weighted by atomic mass is 19.4. The molecule has 0 spiro atoms. The van der Waals surface area contributed by atoms with Gasteiger partial charge in [-0.25, -0.2) is 0 Å². The summed E-state index contributed by atoms with van der Waals surface area (Å²) >= 11 is 0. The summed E-state index contributed by atoms with van der Waals surface area (Å²) in [5.74, 6) is 0. The second-order valence-electron chi connectivity index (χ2n) is 3.11. The fraction of sp³-hybridized carbons (Fsp3) is 0.300. The maximum Gasteiger partial charge on any atom is 0.406 e. The molecule has 1 aromatic carbocycles. The van der Waals surface area contributed by atoms with Crippen LogP contribution in [0.5, 0.6) is 0 Å². The number of hydrogen-bond donors (Lipinski definition) is 0. The van der Waals surface area contributed by atoms with Gasteiger partial charge >= 0.3 is 6.18 Å². The molecule has 2 nitrogen and oxygen atoms in total. The molecule has 0 radical (unpaired) electrons. The van der Waals surface area contributed by atoms with Crippen LogP contribution in [0.2, 0.25) is 0 Å². The summed E-state index contributed by atoms with van der Waals surface area (Å²) in [5.41, 5.74) is 0.675. The number of carbonyl (C=O) groups excluding carboxylic acids is 1. The molecule has 0 aliphatic carbocycles. The molecule has 0 heterocycles. The smallest absolute Gasteiger partial charge is 0.332 e. The Balaban J connectivity index is 2.59. The molecule has 0 atom stereocenters. The minimum Gasteiger partial charge on any atom is -0.332 e. The van der Waals surface area contributed by atoms with Crippen molar-refractivity contribution in [1.29, 1.82) is 0 Å². The third kappa shape index (κ3) is 4.49. The van der Waals surface area contributed by atoms with Crippen LogP contribution in [0, 0.1) is 0 Å². The minimum absolute atomic E-state index is 0.0240. The Hall–Kier alpha value is -1.52. The van der Waals surface area contributed by atoms with Crippen molar-refractivity contribution in [1.82, 2.24) is 4.90 Å². The normalized spacial score (nSPS) is 11.1. The van der Waals surface area contributed by atoms with E-state index in [1.54, 1.807) is 30.3 Å². The van der Waals surface area contributed by atoms with Crippen LogP contribution in [0.4, 0.5) is 13.2 Å². The number of benzene rings is 1. The van der Waals surface area contributed by atoms with E-state index in [0.717, 1.165) is 0 Å². The Kier molecular flexibility index (Phi) is 3.71. The quantitative estimate of drug-likeness (QED) is 0.708. The van der Waals surface area contributed by atoms with Crippen LogP contribution in [0.25, 0.3) is 0 Å². The monoisotopic (exact) mass is 217 g/mol. The number of nitrogens with zero attached hydrogens (tertiary/aromatic N) is 1. The third-order valence-corrected chi connectivity index (χ3v) is 1.76. The van der Waals surface area contributed by atoms with Gasteiger partial charge in [0.05, 0.1) is 0 Å². The Morgan fingerprint density at radius 3 is 2.27 bits per heavy atom. The van der Waals surface area contributed by atoms with Gasteiger partial charge in [0.15, 0.2) is 0 Å². The molecule has 0 aliphatic heterocycles. The van der Waals surface area contributed by atoms with E-state index in [1.807, 2.05) is 0 Å². The summed E-state index contributed by atoms with van der Waals surface area (Å²) in [6, 6.07) is 8.54. The lowest BCUT2D eigenvalue weighted by Crippen LogP contribution is -2.32. The van der Waals surface area contributed by atoms with Crippen molar-refractivity contribution in [2.75, 3.05) is 6.54 Å². The van der Waals surface area contributed by atoms with Crippen LogP contribution >= 0.6 is 0 Å². The van der Waals surface area contributed by atoms with Crippen LogP contribution in [0.1, 0.15) is 5.56 Å². The zero-order chi connectivity index (χ0) is 11.3. The second kappa shape index (κ2) is 4.82. The molecule has 1 rings (SSSR count). The van der Waals surface area contributed by atoms with Gasteiger partial charge in [0.1, 0.15) is 6.54 Å². The van der Waals surface area contributed by atoms with Crippen molar-refractivity contribution in [2.24, 2.45) is 0 Å². The Labute approximate surface area is 85.3 Å². The highest BCUT2D eigenvalue weighted by Crippen LogP contribution is 2.16. The van der Waals surface area contributed by atoms with E-state index in [0.29, 0.717) is 10.5 Å². The molecule has 0 unspecified atom stereocenters. The summed E-state index contributed by atoms with van der Waals surface area (Å²) in [5, 5.41) is 0. The summed E-state index contributed by atoms with van der Waals surface area (Å²) in [6.45, 7) is -1.24. The molecule has 0 saturated heterocycles. The fourth-order valence-corrected chi connectivity index (χ4v) is 1.18. The van der Waals surface area contributed by atoms with Crippen LogP contribution < -0.4 is 0 Å². The zero-order valence-corrected chi connectivity index (χ0v) is 7.87. The Morgan fingerprint density at radius 2 is 1.80 bits per heavy atom. The molecular formula is C10H10F3NO. The maximum atomic E-state index is 12.0. The van der Waals surface area contributed by atoms with E-state index >= 15 is 0 Å². The fourth-order valence-electron chi connectivity index (χ4n) is 1.18. The average molecular weight is 217 g/mol. The molecule has 0 N–H and O–H groups in total. The van der Waals surface area contributed by atoms with E-state index < -0.39 is 12.7 Å². The first-order valence-corrected chi connectivity index (χ1v) is 4.31. The van der Waals surface area contributed by atoms with Crippen LogP contribution in [0.3, 0.4) is 0 Å². The molecular weight excluding hydrogens is 207 g/mol. The van der Waals surface area contributed by atoms with Gasteiger partial charge in [-0.05, 0) is 5.56 Å². The zero-order valence-electron chi connectivity index (χ0n) is 7.87. The maximum absolute atomic E-state index is 12.0. The summed E-state index contributed by atoms with van der Waals surface area (Å²) in [4.78, 5) is 11.1. The van der Waals surface area contributed by atoms with Crippen molar-refractivity contribution in [3.63, 3.8) is 0 Å². The molecule has 1 amide bonds. The van der Waals surface area contributed by atoms with Gasteiger partial charge in [0.25, 0.3) is 0 Å². The van der Waals surface area contributed by atoms with Crippen molar-refractivity contribution in [2.45, 2.75) is 12.7 Å². The lowest BCUT2D eigenvalue weighted by molar-refractivity contribution is -0.155. The van der Waals surface area contributed by atoms with Crippen LogP contribution in [-0.4, -0.2) is 24.0 Å². The van der Waals surface area contributed by atoms with E-state index in [1.165, 1.54) is 0 Å². The van der Waals surface area contributed by atoms with Gasteiger partial charge in [-0.3, -0.25) is 4.79 Å². The van der Waals surface area contributed by atoms with Gasteiger partial charge in [0, 0.05) is 6.54 Å². The lowest BCUT2D eigenvalue weighted by Gasteiger charge is -2.18. The molecule has 0 saturated carbocycles. The number of alkyl halides is 3. The van der Waals surface area contributed by atoms with E-state index in [9.17, 15) is 18.0 Å². The van der Waals surface area contributed by atoms with Gasteiger partial charge in [-0.1, -0.05) is 30.3 Å². The van der Waals surface area contributed by atoms with Gasteiger partial charge in [0.2, 0.25) is 6.41 Å². The number of hydrogen-bond acceptors (Lipinski definition) is 1. The van der Waals surface area contributed by atoms with Crippen molar-refractivity contribution < 1.29 is 18.0 Å². The number of carbonyl (C=O) groups is 1. The first-order valence-electron chi connectivity index (χ1n) is 4.31. The van der Waals surface area contributed by atoms with E-state index in [-0.39, 0.29) is 13.0 Å². The Morgan fingerprint density at radius 1 is 1.20 bits per heavy atom. The second-order valence-corrected chi connectivity index (χ2v) is 3.11. The molecule has 0 aliphatic rings. The minimum atomic E-state index is -4.35. The standard InChI is InChI=1S/C10H10F3NO/c11-10(12,13)7-14(8-15)6-9-4-2-1-3-5-9/h1-5,8H,6-7H2. The highest BCUT2D eigenvalue weighted by Gasteiger charge is 2.30. The third-order valence-electron chi connectivity index (χ3n) is 1.76. The molecule has 0 bridgehead atoms. The molecule has 82 valence electrons. The predicted octanol–water partition coefficient (Wildman–Crippen LogP) is 2.21. The summed E-state index contributed by atoms with van der Waals surface area (Å²) in [7, 11) is 0. The summed E-state index contributed by atoms with van der Waals surface area (Å²) in [6.07, 6.45) is -4.14. The lowest BCUT2D eigenvalue weighted by atomic mass is 10.2.